The van der Waals surface area contributed by atoms with Crippen LogP contribution in [0.2, 0.25) is 0 Å². The molecule has 1 amide bonds. The highest BCUT2D eigenvalue weighted by Gasteiger charge is 2.33. The van der Waals surface area contributed by atoms with Gasteiger partial charge in [0.15, 0.2) is 5.43 Å². The van der Waals surface area contributed by atoms with Gasteiger partial charge in [0, 0.05) is 31.5 Å². The van der Waals surface area contributed by atoms with E-state index in [0.29, 0.717) is 4.90 Å². The number of rotatable bonds is 4. The summed E-state index contributed by atoms with van der Waals surface area (Å²) in [5.74, 6) is -0.986. The van der Waals surface area contributed by atoms with Gasteiger partial charge < -0.3 is 15.6 Å². The number of alkyl halides is 3. The summed E-state index contributed by atoms with van der Waals surface area (Å²) >= 11 is 0. The predicted molar refractivity (Wildman–Crippen MR) is 58.1 cm³/mol. The zero-order valence-electron chi connectivity index (χ0n) is 9.33. The molecule has 100 valence electrons. The van der Waals surface area contributed by atoms with Crippen LogP contribution in [0.25, 0.3) is 0 Å². The summed E-state index contributed by atoms with van der Waals surface area (Å²) in [5, 5.41) is 0. The van der Waals surface area contributed by atoms with E-state index < -0.39 is 24.1 Å². The average Bonchev–Trinajstić information content (AvgIpc) is 2.26. The van der Waals surface area contributed by atoms with Gasteiger partial charge in [0.05, 0.1) is 0 Å². The minimum Gasteiger partial charge on any atom is -0.367 e. The molecule has 0 atom stereocenters. The zero-order chi connectivity index (χ0) is 13.8. The number of nitrogens with zero attached hydrogens (tertiary/aromatic N) is 1. The highest BCUT2D eigenvalue weighted by molar-refractivity contribution is 5.93. The van der Waals surface area contributed by atoms with Crippen molar-refractivity contribution in [1.82, 2.24) is 9.88 Å². The van der Waals surface area contributed by atoms with Gasteiger partial charge in [-0.15, -0.1) is 0 Å². The van der Waals surface area contributed by atoms with E-state index in [1.54, 1.807) is 0 Å². The highest BCUT2D eigenvalue weighted by Crippen LogP contribution is 2.17. The second-order valence-electron chi connectivity index (χ2n) is 3.55. The third-order valence-corrected chi connectivity index (χ3v) is 2.11. The van der Waals surface area contributed by atoms with Gasteiger partial charge in [-0.2, -0.15) is 13.2 Å². The van der Waals surface area contributed by atoms with Gasteiger partial charge in [0.2, 0.25) is 0 Å². The molecule has 0 bridgehead atoms. The van der Waals surface area contributed by atoms with Crippen molar-refractivity contribution in [2.24, 2.45) is 5.73 Å². The summed E-state index contributed by atoms with van der Waals surface area (Å²) in [6.07, 6.45) is -2.17. The van der Waals surface area contributed by atoms with Crippen molar-refractivity contribution in [3.63, 3.8) is 0 Å². The zero-order valence-corrected chi connectivity index (χ0v) is 9.33. The Hall–Kier alpha value is -1.83. The smallest absolute Gasteiger partial charge is 0.367 e. The van der Waals surface area contributed by atoms with E-state index in [4.69, 9.17) is 5.73 Å². The number of amides is 1. The van der Waals surface area contributed by atoms with E-state index in [0.717, 1.165) is 12.3 Å². The standard InChI is InChI=1S/C10H12F3N3O2/c11-10(12,13)6-16(4-2-14)9(18)7-5-15-3-1-8(7)17/h1,3,5H,2,4,6,14H2,(H,15,17). The summed E-state index contributed by atoms with van der Waals surface area (Å²) < 4.78 is 36.9. The Bertz CT molecular complexity index is 470. The second-order valence-corrected chi connectivity index (χ2v) is 3.55. The lowest BCUT2D eigenvalue weighted by Gasteiger charge is -2.22. The van der Waals surface area contributed by atoms with Crippen molar-refractivity contribution >= 4 is 5.91 Å². The number of aromatic amines is 1. The van der Waals surface area contributed by atoms with E-state index in [1.807, 2.05) is 0 Å². The van der Waals surface area contributed by atoms with Crippen LogP contribution in [0.5, 0.6) is 0 Å². The van der Waals surface area contributed by atoms with Crippen LogP contribution in [0, 0.1) is 0 Å². The topological polar surface area (TPSA) is 79.2 Å². The molecule has 0 aliphatic heterocycles. The number of aromatic nitrogens is 1. The van der Waals surface area contributed by atoms with E-state index >= 15 is 0 Å². The van der Waals surface area contributed by atoms with Crippen molar-refractivity contribution in [2.75, 3.05) is 19.6 Å². The van der Waals surface area contributed by atoms with E-state index in [2.05, 4.69) is 4.98 Å². The largest absolute Gasteiger partial charge is 0.406 e. The summed E-state index contributed by atoms with van der Waals surface area (Å²) in [5.41, 5.74) is 4.18. The van der Waals surface area contributed by atoms with Crippen LogP contribution in [0.1, 0.15) is 10.4 Å². The molecule has 0 aliphatic carbocycles. The molecule has 0 unspecified atom stereocenters. The first kappa shape index (κ1) is 14.2. The minimum atomic E-state index is -4.54. The van der Waals surface area contributed by atoms with Gasteiger partial charge in [-0.3, -0.25) is 9.59 Å². The van der Waals surface area contributed by atoms with Crippen LogP contribution < -0.4 is 11.2 Å². The summed E-state index contributed by atoms with van der Waals surface area (Å²) in [7, 11) is 0. The number of carbonyl (C=O) groups excluding carboxylic acids is 1. The fourth-order valence-corrected chi connectivity index (χ4v) is 1.38. The maximum Gasteiger partial charge on any atom is 0.406 e. The van der Waals surface area contributed by atoms with Crippen molar-refractivity contribution in [1.29, 1.82) is 0 Å². The summed E-state index contributed by atoms with van der Waals surface area (Å²) in [6, 6.07) is 1.07. The van der Waals surface area contributed by atoms with E-state index in [9.17, 15) is 22.8 Å². The van der Waals surface area contributed by atoms with Gasteiger partial charge in [-0.05, 0) is 0 Å². The molecule has 1 aromatic rings. The van der Waals surface area contributed by atoms with E-state index in [-0.39, 0.29) is 18.7 Å². The number of hydrogen-bond donors (Lipinski definition) is 2. The van der Waals surface area contributed by atoms with Crippen molar-refractivity contribution in [3.8, 4) is 0 Å². The maximum atomic E-state index is 12.3. The Morgan fingerprint density at radius 1 is 1.44 bits per heavy atom. The number of nitrogens with one attached hydrogen (secondary N) is 1. The molecule has 0 aliphatic rings. The first-order chi connectivity index (χ1) is 8.35. The van der Waals surface area contributed by atoms with Gasteiger partial charge in [-0.25, -0.2) is 0 Å². The average molecular weight is 263 g/mol. The quantitative estimate of drug-likeness (QED) is 0.822. The molecular weight excluding hydrogens is 251 g/mol. The maximum absolute atomic E-state index is 12.3. The Morgan fingerprint density at radius 2 is 2.11 bits per heavy atom. The fourth-order valence-electron chi connectivity index (χ4n) is 1.38. The SMILES string of the molecule is NCCN(CC(F)(F)F)C(=O)c1c[nH]ccc1=O. The highest BCUT2D eigenvalue weighted by atomic mass is 19.4. The van der Waals surface area contributed by atoms with Crippen molar-refractivity contribution < 1.29 is 18.0 Å². The molecule has 5 nitrogen and oxygen atoms in total. The van der Waals surface area contributed by atoms with Crippen LogP contribution in [-0.4, -0.2) is 41.6 Å². The molecular formula is C10H12F3N3O2. The molecule has 0 saturated carbocycles. The number of pyridine rings is 1. The van der Waals surface area contributed by atoms with Gasteiger partial charge in [-0.1, -0.05) is 0 Å². The predicted octanol–water partition coefficient (Wildman–Crippen LogP) is 0.338. The molecule has 0 saturated heterocycles. The van der Waals surface area contributed by atoms with Crippen molar-refractivity contribution in [2.45, 2.75) is 6.18 Å². The lowest BCUT2D eigenvalue weighted by atomic mass is 10.2. The number of carbonyl (C=O) groups is 1. The number of halogens is 3. The van der Waals surface area contributed by atoms with Crippen LogP contribution >= 0.6 is 0 Å². The lowest BCUT2D eigenvalue weighted by Crippen LogP contribution is -2.43. The molecule has 8 heteroatoms. The van der Waals surface area contributed by atoms with Gasteiger partial charge in [0.25, 0.3) is 5.91 Å². The third kappa shape index (κ3) is 3.88. The van der Waals surface area contributed by atoms with Crippen LogP contribution in [-0.2, 0) is 0 Å². The molecule has 1 rings (SSSR count). The Kier molecular flexibility index (Phi) is 4.49. The normalized spacial score (nSPS) is 11.3. The third-order valence-electron chi connectivity index (χ3n) is 2.11. The monoisotopic (exact) mass is 263 g/mol. The molecule has 3 N–H and O–H groups in total. The number of hydrogen-bond acceptors (Lipinski definition) is 3. The molecule has 0 fully saturated rings. The Balaban J connectivity index is 2.97. The Morgan fingerprint density at radius 3 is 2.61 bits per heavy atom. The minimum absolute atomic E-state index is 0.118. The fraction of sp³-hybridized carbons (Fsp3) is 0.400. The summed E-state index contributed by atoms with van der Waals surface area (Å²) in [6.45, 7) is -1.82. The van der Waals surface area contributed by atoms with Gasteiger partial charge in [0.1, 0.15) is 12.1 Å². The number of nitrogens with two attached hydrogens (primary N) is 1. The van der Waals surface area contributed by atoms with Crippen LogP contribution in [0.15, 0.2) is 23.3 Å². The first-order valence-corrected chi connectivity index (χ1v) is 5.08. The molecule has 0 radical (unpaired) electrons. The van der Waals surface area contributed by atoms with Gasteiger partial charge >= 0.3 is 6.18 Å². The van der Waals surface area contributed by atoms with E-state index in [1.165, 1.54) is 6.20 Å². The Labute approximate surface area is 100 Å². The molecule has 0 spiro atoms. The second kappa shape index (κ2) is 5.67. The molecule has 1 heterocycles. The van der Waals surface area contributed by atoms with Crippen molar-refractivity contribution in [3.05, 3.63) is 34.2 Å². The molecule has 18 heavy (non-hydrogen) atoms. The molecule has 0 aromatic carbocycles. The summed E-state index contributed by atoms with van der Waals surface area (Å²) in [4.78, 5) is 26.1. The lowest BCUT2D eigenvalue weighted by molar-refractivity contribution is -0.140. The molecule has 1 aromatic heterocycles. The first-order valence-electron chi connectivity index (χ1n) is 5.08. The van der Waals surface area contributed by atoms with Crippen LogP contribution in [0.4, 0.5) is 13.2 Å². The number of H-pyrrole nitrogens is 1. The van der Waals surface area contributed by atoms with Crippen LogP contribution in [0.3, 0.4) is 0 Å².